The smallest absolute Gasteiger partial charge is 0.311 e. The number of rotatable bonds is 4. The molecule has 5 nitrogen and oxygen atoms in total. The van der Waals surface area contributed by atoms with E-state index in [4.69, 9.17) is 4.74 Å². The average Bonchev–Trinajstić information content (AvgIpc) is 3.12. The summed E-state index contributed by atoms with van der Waals surface area (Å²) in [6.45, 7) is 14.9. The van der Waals surface area contributed by atoms with Crippen molar-refractivity contribution in [1.82, 2.24) is 0 Å². The molecule has 200 valence electrons. The summed E-state index contributed by atoms with van der Waals surface area (Å²) in [6.07, 6.45) is 10.1. The minimum absolute atomic E-state index is 0.0586. The highest BCUT2D eigenvalue weighted by Gasteiger charge is 2.74. The van der Waals surface area contributed by atoms with Crippen molar-refractivity contribution in [3.05, 3.63) is 23.8 Å². The molecule has 0 bridgehead atoms. The van der Waals surface area contributed by atoms with Gasteiger partial charge in [-0.25, -0.2) is 0 Å². The van der Waals surface area contributed by atoms with Gasteiger partial charge in [0, 0.05) is 16.7 Å². The summed E-state index contributed by atoms with van der Waals surface area (Å²) in [5.74, 6) is 0.546. The third-order valence-corrected chi connectivity index (χ3v) is 13.0. The summed E-state index contributed by atoms with van der Waals surface area (Å²) >= 11 is 1.02. The number of hydrogen-bond donors (Lipinski definition) is 0. The Labute approximate surface area is 225 Å². The van der Waals surface area contributed by atoms with Gasteiger partial charge in [0.15, 0.2) is 11.4 Å². The van der Waals surface area contributed by atoms with Crippen LogP contribution in [0.4, 0.5) is 0 Å². The Balaban J connectivity index is 1.53. The molecular weight excluding hydrogens is 482 g/mol. The van der Waals surface area contributed by atoms with Crippen molar-refractivity contribution in [2.75, 3.05) is 5.75 Å². The molecule has 37 heavy (non-hydrogen) atoms. The van der Waals surface area contributed by atoms with Crippen LogP contribution in [0.5, 0.6) is 0 Å². The van der Waals surface area contributed by atoms with Crippen molar-refractivity contribution in [3.8, 4) is 6.07 Å². The largest absolute Gasteiger partial charge is 0.449 e. The van der Waals surface area contributed by atoms with Crippen molar-refractivity contribution in [3.63, 3.8) is 0 Å². The summed E-state index contributed by atoms with van der Waals surface area (Å²) in [4.78, 5) is 40.0. The van der Waals surface area contributed by atoms with E-state index in [1.807, 2.05) is 6.08 Å². The number of carbonyl (C=O) groups excluding carboxylic acids is 3. The average molecular weight is 524 g/mol. The number of fused-ring (bicyclic) bond motifs is 5. The Bertz CT molecular complexity index is 1150. The fourth-order valence-electron chi connectivity index (χ4n) is 9.42. The maximum absolute atomic E-state index is 14.1. The second-order valence-electron chi connectivity index (χ2n) is 14.0. The molecule has 0 heterocycles. The first kappa shape index (κ1) is 26.7. The molecule has 5 aliphatic rings. The molecule has 0 spiro atoms. The van der Waals surface area contributed by atoms with Gasteiger partial charge in [0.25, 0.3) is 0 Å². The van der Waals surface area contributed by atoms with Crippen LogP contribution in [-0.2, 0) is 19.1 Å². The molecule has 0 aromatic heterocycles. The maximum Gasteiger partial charge on any atom is 0.311 e. The first-order valence-electron chi connectivity index (χ1n) is 13.9. The molecule has 4 saturated carbocycles. The number of nitriles is 1. The van der Waals surface area contributed by atoms with Gasteiger partial charge in [0.2, 0.25) is 5.12 Å². The summed E-state index contributed by atoms with van der Waals surface area (Å²) < 4.78 is 6.57. The van der Waals surface area contributed by atoms with Crippen molar-refractivity contribution in [2.45, 2.75) is 86.2 Å². The predicted molar refractivity (Wildman–Crippen MR) is 144 cm³/mol. The topological polar surface area (TPSA) is 84.2 Å². The van der Waals surface area contributed by atoms with Crippen LogP contribution in [-0.4, -0.2) is 28.2 Å². The standard InChI is InChI=1S/C31H41NO4S/c1-18-16-23-21-9-8-19-17-20(33)10-12-29(19,6)22(21)11-13-30(23,7)31(18,26(35)37-15-14-32)36-25(34)24-27(2,3)28(24,4)5/h10,12,17-18,21-24H,8-9,11,13,15-16H2,1-7H3/t18-,21-,22+,23+,29+,30+,31+/m1/s1. The van der Waals surface area contributed by atoms with Gasteiger partial charge in [0.1, 0.15) is 0 Å². The zero-order chi connectivity index (χ0) is 27.2. The first-order chi connectivity index (χ1) is 17.2. The van der Waals surface area contributed by atoms with Crippen LogP contribution < -0.4 is 0 Å². The monoisotopic (exact) mass is 523 g/mol. The van der Waals surface area contributed by atoms with E-state index in [2.05, 4.69) is 60.6 Å². The lowest BCUT2D eigenvalue weighted by atomic mass is 9.47. The Hall–Kier alpha value is -1.87. The van der Waals surface area contributed by atoms with E-state index >= 15 is 0 Å². The van der Waals surface area contributed by atoms with E-state index in [-0.39, 0.29) is 56.6 Å². The predicted octanol–water partition coefficient (Wildman–Crippen LogP) is 6.29. The Morgan fingerprint density at radius 3 is 2.41 bits per heavy atom. The molecule has 0 radical (unpaired) electrons. The number of allylic oxidation sites excluding steroid dienone is 4. The Morgan fingerprint density at radius 2 is 1.78 bits per heavy atom. The van der Waals surface area contributed by atoms with Crippen LogP contribution in [0.25, 0.3) is 0 Å². The highest BCUT2D eigenvalue weighted by molar-refractivity contribution is 8.14. The molecule has 0 aromatic carbocycles. The third-order valence-electron chi connectivity index (χ3n) is 12.2. The third kappa shape index (κ3) is 3.38. The molecule has 6 heteroatoms. The van der Waals surface area contributed by atoms with Crippen molar-refractivity contribution < 1.29 is 19.1 Å². The highest BCUT2D eigenvalue weighted by Crippen LogP contribution is 2.72. The van der Waals surface area contributed by atoms with E-state index < -0.39 is 11.0 Å². The molecular formula is C31H41NO4S. The number of hydrogen-bond acceptors (Lipinski definition) is 6. The number of ether oxygens (including phenoxy) is 1. The molecule has 7 atom stereocenters. The van der Waals surface area contributed by atoms with Crippen LogP contribution >= 0.6 is 11.8 Å². The van der Waals surface area contributed by atoms with Gasteiger partial charge in [-0.1, -0.05) is 71.9 Å². The highest BCUT2D eigenvalue weighted by atomic mass is 32.2. The quantitative estimate of drug-likeness (QED) is 0.403. The van der Waals surface area contributed by atoms with Crippen molar-refractivity contribution in [1.29, 1.82) is 5.26 Å². The van der Waals surface area contributed by atoms with E-state index in [0.717, 1.165) is 43.9 Å². The number of carbonyl (C=O) groups is 3. The first-order valence-corrected chi connectivity index (χ1v) is 14.9. The lowest BCUT2D eigenvalue weighted by Gasteiger charge is -2.58. The fourth-order valence-corrected chi connectivity index (χ4v) is 10.3. The van der Waals surface area contributed by atoms with Crippen LogP contribution in [0.15, 0.2) is 23.8 Å². The van der Waals surface area contributed by atoms with Gasteiger partial charge >= 0.3 is 5.97 Å². The van der Waals surface area contributed by atoms with Gasteiger partial charge in [-0.2, -0.15) is 5.26 Å². The second-order valence-corrected chi connectivity index (χ2v) is 14.9. The van der Waals surface area contributed by atoms with Crippen molar-refractivity contribution in [2.24, 2.45) is 51.2 Å². The lowest BCUT2D eigenvalue weighted by molar-refractivity contribution is -0.192. The van der Waals surface area contributed by atoms with Crippen LogP contribution in [0.1, 0.15) is 80.6 Å². The fraction of sp³-hybridized carbons (Fsp3) is 0.742. The van der Waals surface area contributed by atoms with Crippen molar-refractivity contribution >= 4 is 28.6 Å². The van der Waals surface area contributed by atoms with E-state index in [1.54, 1.807) is 6.08 Å². The molecule has 5 rings (SSSR count). The van der Waals surface area contributed by atoms with Gasteiger partial charge in [-0.3, -0.25) is 14.4 Å². The van der Waals surface area contributed by atoms with Gasteiger partial charge < -0.3 is 4.74 Å². The van der Waals surface area contributed by atoms with E-state index in [0.29, 0.717) is 11.8 Å². The molecule has 4 fully saturated rings. The number of ketones is 1. The number of esters is 1. The summed E-state index contributed by atoms with van der Waals surface area (Å²) in [6, 6.07) is 2.10. The van der Waals surface area contributed by atoms with Crippen LogP contribution in [0, 0.1) is 62.6 Å². The zero-order valence-corrected chi connectivity index (χ0v) is 24.2. The summed E-state index contributed by atoms with van der Waals surface area (Å²) in [5, 5.41) is 9.11. The summed E-state index contributed by atoms with van der Waals surface area (Å²) in [5.41, 5.74) is -0.972. The van der Waals surface area contributed by atoms with Gasteiger partial charge in [-0.05, 0) is 72.8 Å². The van der Waals surface area contributed by atoms with E-state index in [1.165, 1.54) is 5.57 Å². The van der Waals surface area contributed by atoms with E-state index in [9.17, 15) is 19.6 Å². The normalized spacial score (nSPS) is 43.1. The minimum atomic E-state index is -1.23. The summed E-state index contributed by atoms with van der Waals surface area (Å²) in [7, 11) is 0. The van der Waals surface area contributed by atoms with Crippen LogP contribution in [0.2, 0.25) is 0 Å². The number of nitrogens with zero attached hydrogens (tertiary/aromatic N) is 1. The number of thioether (sulfide) groups is 1. The second kappa shape index (κ2) is 8.31. The molecule has 0 aromatic rings. The minimum Gasteiger partial charge on any atom is -0.449 e. The van der Waals surface area contributed by atoms with Gasteiger partial charge in [0.05, 0.1) is 17.7 Å². The van der Waals surface area contributed by atoms with Crippen LogP contribution in [0.3, 0.4) is 0 Å². The molecule has 0 aliphatic heterocycles. The molecule has 5 aliphatic carbocycles. The Morgan fingerprint density at radius 1 is 1.11 bits per heavy atom. The molecule has 0 N–H and O–H groups in total. The zero-order valence-electron chi connectivity index (χ0n) is 23.3. The molecule has 0 amide bonds. The lowest BCUT2D eigenvalue weighted by Crippen LogP contribution is -2.60. The Kier molecular flexibility index (Phi) is 6.00. The van der Waals surface area contributed by atoms with Gasteiger partial charge in [-0.15, -0.1) is 0 Å². The maximum atomic E-state index is 14.1. The molecule has 0 saturated heterocycles. The molecule has 0 unspecified atom stereocenters. The SMILES string of the molecule is C[C@@H]1C[C@H]2[C@@H]3CCC4=CC(=O)C=C[C@]4(C)[C@H]3CC[C@]2(C)[C@@]1(OC(=O)C1C(C)(C)C1(C)C)C(=O)SCC#N.